The van der Waals surface area contributed by atoms with Gasteiger partial charge in [-0.2, -0.15) is 0 Å². The van der Waals surface area contributed by atoms with Crippen molar-refractivity contribution in [3.63, 3.8) is 0 Å². The van der Waals surface area contributed by atoms with Gasteiger partial charge in [0, 0.05) is 95.4 Å². The van der Waals surface area contributed by atoms with Crippen LogP contribution in [0.4, 0.5) is 5.69 Å². The highest BCUT2D eigenvalue weighted by molar-refractivity contribution is 9.10. The van der Waals surface area contributed by atoms with E-state index in [1.165, 1.54) is 26.7 Å². The molecule has 1 aromatic heterocycles. The van der Waals surface area contributed by atoms with Gasteiger partial charge in [0.2, 0.25) is 5.60 Å². The number of esters is 3. The van der Waals surface area contributed by atoms with Gasteiger partial charge in [-0.3, -0.25) is 19.4 Å². The second-order valence-electron chi connectivity index (χ2n) is 17.6. The summed E-state index contributed by atoms with van der Waals surface area (Å²) in [6.45, 7) is 9.39. The molecular formula is C46H55BrN4O8. The number of ether oxygens (including phenoxy) is 4. The third-order valence-corrected chi connectivity index (χ3v) is 15.6. The molecule has 9 rings (SSSR count). The molecule has 3 unspecified atom stereocenters. The lowest BCUT2D eigenvalue weighted by molar-refractivity contribution is -0.228. The topological polar surface area (TPSA) is 134 Å². The predicted molar refractivity (Wildman–Crippen MR) is 227 cm³/mol. The molecular weight excluding hydrogens is 816 g/mol. The van der Waals surface area contributed by atoms with E-state index in [2.05, 4.69) is 74.1 Å². The Morgan fingerprint density at radius 3 is 2.49 bits per heavy atom. The zero-order valence-electron chi connectivity index (χ0n) is 35.0. The van der Waals surface area contributed by atoms with Crippen molar-refractivity contribution in [3.8, 4) is 5.75 Å². The van der Waals surface area contributed by atoms with Crippen LogP contribution >= 0.6 is 15.9 Å². The Labute approximate surface area is 354 Å². The van der Waals surface area contributed by atoms with Gasteiger partial charge >= 0.3 is 17.9 Å². The highest BCUT2D eigenvalue weighted by Gasteiger charge is 2.80. The number of rotatable bonds is 7. The van der Waals surface area contributed by atoms with Gasteiger partial charge in [0.05, 0.1) is 27.4 Å². The number of methoxy groups -OCH3 is 3. The molecule has 2 bridgehead atoms. The lowest BCUT2D eigenvalue weighted by Gasteiger charge is -2.63. The van der Waals surface area contributed by atoms with E-state index in [0.29, 0.717) is 50.1 Å². The predicted octanol–water partition coefficient (Wildman–Crippen LogP) is 5.56. The second-order valence-corrected chi connectivity index (χ2v) is 18.6. The van der Waals surface area contributed by atoms with E-state index in [1.54, 1.807) is 7.11 Å². The average molecular weight is 872 g/mol. The molecule has 1 spiro atoms. The van der Waals surface area contributed by atoms with Crippen LogP contribution in [0.5, 0.6) is 5.75 Å². The number of halogens is 1. The van der Waals surface area contributed by atoms with Crippen LogP contribution < -0.4 is 9.64 Å². The largest absolute Gasteiger partial charge is 0.496 e. The number of hydrogen-bond acceptors (Lipinski definition) is 11. The Balaban J connectivity index is 1.38. The molecule has 0 radical (unpaired) electrons. The summed E-state index contributed by atoms with van der Waals surface area (Å²) in [6, 6.07) is 9.12. The van der Waals surface area contributed by atoms with Crippen LogP contribution in [0.1, 0.15) is 68.8 Å². The van der Waals surface area contributed by atoms with Gasteiger partial charge < -0.3 is 33.9 Å². The first kappa shape index (κ1) is 40.2. The SMILES string of the molecule is CCC1=C[C@@H]2CN(CCc3c([nH]c4ccc(Br)cc34)[C@@](C(=O)OC)(c3cc4c(cc3OC)N(C)C3C(O)(C(=O)OC)[C@H](OC(C)=O)[C@]5(CC)C=CCN6CC[C@]43[C@@H]65)C2)C1. The van der Waals surface area contributed by atoms with Crippen molar-refractivity contribution in [1.82, 2.24) is 14.8 Å². The lowest BCUT2D eigenvalue weighted by Crippen LogP contribution is -2.81. The zero-order valence-corrected chi connectivity index (χ0v) is 36.6. The van der Waals surface area contributed by atoms with Crippen molar-refractivity contribution >= 4 is 50.4 Å². The molecule has 59 heavy (non-hydrogen) atoms. The number of nitrogens with zero attached hydrogens (tertiary/aromatic N) is 3. The standard InChI is InChI=1S/C46H55BrN4O8/c1-8-27-19-28-23-45(41(53)57-6,37-30(13-17-50(24-27)25-28)31-20-29(47)11-12-34(31)48-37)33-21-32-35(22-36(33)56-5)49(4)39-44(32)15-18-51-16-10-14-43(9-2,38(44)51)40(59-26(3)52)46(39,55)42(54)58-7/h10-12,14,19-22,28,38-40,48,55H,8-9,13,15-18,23-25H2,1-7H3/t28-,38-,39?,40+,43+,44+,45-,46?/m0/s1. The van der Waals surface area contributed by atoms with E-state index in [0.717, 1.165) is 63.9 Å². The number of hydrogen-bond donors (Lipinski definition) is 2. The maximum absolute atomic E-state index is 15.3. The number of carbonyl (C=O) groups excluding carboxylic acids is 3. The first-order valence-electron chi connectivity index (χ1n) is 20.9. The van der Waals surface area contributed by atoms with E-state index < -0.39 is 51.9 Å². The summed E-state index contributed by atoms with van der Waals surface area (Å²) >= 11 is 3.73. The number of nitrogens with one attached hydrogen (secondary N) is 1. The maximum atomic E-state index is 15.3. The minimum absolute atomic E-state index is 0.00947. The molecule has 13 heteroatoms. The van der Waals surface area contributed by atoms with E-state index in [9.17, 15) is 14.7 Å². The Morgan fingerprint density at radius 1 is 1.02 bits per heavy atom. The molecule has 1 saturated carbocycles. The number of aromatic nitrogens is 1. The Bertz CT molecular complexity index is 2320. The maximum Gasteiger partial charge on any atom is 0.344 e. The third kappa shape index (κ3) is 5.32. The molecule has 1 aliphatic carbocycles. The van der Waals surface area contributed by atoms with Gasteiger partial charge in [0.25, 0.3) is 0 Å². The number of aliphatic hydroxyl groups is 1. The molecule has 9 atom stereocenters. The summed E-state index contributed by atoms with van der Waals surface area (Å²) in [5.74, 6) is -1.34. The number of aromatic amines is 1. The van der Waals surface area contributed by atoms with E-state index in [1.807, 2.05) is 31.0 Å². The summed E-state index contributed by atoms with van der Waals surface area (Å²) < 4.78 is 25.0. The summed E-state index contributed by atoms with van der Waals surface area (Å²) in [4.78, 5) is 53.4. The summed E-state index contributed by atoms with van der Waals surface area (Å²) in [7, 11) is 6.24. The monoisotopic (exact) mass is 870 g/mol. The highest BCUT2D eigenvalue weighted by atomic mass is 79.9. The Hall–Kier alpha value is -4.17. The van der Waals surface area contributed by atoms with E-state index >= 15 is 4.79 Å². The molecule has 6 heterocycles. The average Bonchev–Trinajstić information content (AvgIpc) is 3.89. The van der Waals surface area contributed by atoms with Crippen molar-refractivity contribution in [2.45, 2.75) is 87.5 Å². The second kappa shape index (κ2) is 14.2. The number of H-pyrrole nitrogens is 1. The van der Waals surface area contributed by atoms with Crippen LogP contribution in [0.25, 0.3) is 10.9 Å². The van der Waals surface area contributed by atoms with Crippen molar-refractivity contribution in [2.24, 2.45) is 11.3 Å². The van der Waals surface area contributed by atoms with Gasteiger partial charge in [0.15, 0.2) is 6.10 Å². The molecule has 0 amide bonds. The molecule has 314 valence electrons. The van der Waals surface area contributed by atoms with Crippen LogP contribution in [0.15, 0.2) is 58.6 Å². The molecule has 6 aliphatic rings. The molecule has 1 saturated heterocycles. The van der Waals surface area contributed by atoms with Crippen LogP contribution in [0.2, 0.25) is 0 Å². The first-order chi connectivity index (χ1) is 28.3. The minimum Gasteiger partial charge on any atom is -0.496 e. The minimum atomic E-state index is -2.28. The fourth-order valence-corrected chi connectivity index (χ4v) is 13.4. The fraction of sp³-hybridized carbons (Fsp3) is 0.543. The van der Waals surface area contributed by atoms with Crippen molar-refractivity contribution in [2.75, 3.05) is 66.0 Å². The van der Waals surface area contributed by atoms with Crippen LogP contribution in [-0.4, -0.2) is 123 Å². The van der Waals surface area contributed by atoms with Gasteiger partial charge in [-0.15, -0.1) is 0 Å². The summed E-state index contributed by atoms with van der Waals surface area (Å²) in [5.41, 5.74) is 0.969. The number of likely N-dealkylation sites (N-methyl/N-ethyl adjacent to an activating group) is 1. The smallest absolute Gasteiger partial charge is 0.344 e. The normalized spacial score (nSPS) is 34.4. The number of benzene rings is 2. The van der Waals surface area contributed by atoms with Gasteiger partial charge in [0.1, 0.15) is 11.2 Å². The number of anilines is 1. The quantitative estimate of drug-likeness (QED) is 0.176. The van der Waals surface area contributed by atoms with E-state index in [-0.39, 0.29) is 12.0 Å². The van der Waals surface area contributed by atoms with Gasteiger partial charge in [-0.25, -0.2) is 4.79 Å². The Kier molecular flexibility index (Phi) is 9.69. The van der Waals surface area contributed by atoms with Crippen molar-refractivity contribution < 1.29 is 38.4 Å². The van der Waals surface area contributed by atoms with Crippen LogP contribution in [-0.2, 0) is 45.8 Å². The molecule has 2 fully saturated rings. The van der Waals surface area contributed by atoms with E-state index in [4.69, 9.17) is 18.9 Å². The fourth-order valence-electron chi connectivity index (χ4n) is 13.1. The van der Waals surface area contributed by atoms with Gasteiger partial charge in [-0.05, 0) is 80.0 Å². The third-order valence-electron chi connectivity index (χ3n) is 15.1. The lowest BCUT2D eigenvalue weighted by atomic mass is 9.47. The summed E-state index contributed by atoms with van der Waals surface area (Å²) in [5, 5.41) is 14.4. The van der Waals surface area contributed by atoms with Crippen LogP contribution in [0.3, 0.4) is 0 Å². The summed E-state index contributed by atoms with van der Waals surface area (Å²) in [6.07, 6.45) is 8.37. The first-order valence-corrected chi connectivity index (χ1v) is 21.7. The van der Waals surface area contributed by atoms with Crippen LogP contribution in [0, 0.1) is 11.3 Å². The molecule has 2 aromatic carbocycles. The highest BCUT2D eigenvalue weighted by Crippen LogP contribution is 2.68. The molecule has 5 aliphatic heterocycles. The van der Waals surface area contributed by atoms with Gasteiger partial charge in [-0.1, -0.05) is 53.6 Å². The molecule has 3 aromatic rings. The van der Waals surface area contributed by atoms with Crippen molar-refractivity contribution in [1.29, 1.82) is 0 Å². The zero-order chi connectivity index (χ0) is 41.8. The number of carbonyl (C=O) groups is 3. The number of fused-ring (bicyclic) bond motifs is 6. The molecule has 12 nitrogen and oxygen atoms in total. The Morgan fingerprint density at radius 2 is 1.80 bits per heavy atom. The van der Waals surface area contributed by atoms with Crippen molar-refractivity contribution in [3.05, 3.63) is 81.0 Å². The molecule has 2 N–H and O–H groups in total.